The quantitative estimate of drug-likeness (QED) is 0.794. The fourth-order valence-corrected chi connectivity index (χ4v) is 3.21. The summed E-state index contributed by atoms with van der Waals surface area (Å²) in [5.41, 5.74) is 1.05. The molecule has 0 aliphatic carbocycles. The number of nitrogens with zero attached hydrogens (tertiary/aromatic N) is 1. The van der Waals surface area contributed by atoms with E-state index >= 15 is 0 Å². The molecule has 0 N–H and O–H groups in total. The van der Waals surface area contributed by atoms with Gasteiger partial charge in [-0.15, -0.1) is 3.89 Å². The van der Waals surface area contributed by atoms with E-state index in [-0.39, 0.29) is 16.2 Å². The van der Waals surface area contributed by atoms with Crippen LogP contribution in [0.15, 0.2) is 35.2 Å². The summed E-state index contributed by atoms with van der Waals surface area (Å²) in [5, 5.41) is 0.759. The summed E-state index contributed by atoms with van der Waals surface area (Å²) in [4.78, 5) is 13.3. The third-order valence-corrected chi connectivity index (χ3v) is 4.21. The first-order chi connectivity index (χ1) is 8.95. The van der Waals surface area contributed by atoms with E-state index in [9.17, 15) is 17.1 Å². The maximum absolute atomic E-state index is 13.3. The molecule has 1 aliphatic heterocycles. The van der Waals surface area contributed by atoms with Gasteiger partial charge in [-0.25, -0.2) is 0 Å². The molecule has 0 saturated heterocycles. The number of benzene rings is 2. The molecule has 2 aromatic carbocycles. The zero-order valence-corrected chi connectivity index (χ0v) is 10.9. The van der Waals surface area contributed by atoms with Crippen molar-refractivity contribution in [3.05, 3.63) is 35.9 Å². The summed E-state index contributed by atoms with van der Waals surface area (Å²) < 4.78 is 35.6. The molecule has 2 aromatic rings. The summed E-state index contributed by atoms with van der Waals surface area (Å²) in [7, 11) is -4.81. The van der Waals surface area contributed by atoms with Gasteiger partial charge in [0, 0.05) is 22.9 Å². The molecule has 0 fully saturated rings. The number of anilines is 1. The second-order valence-electron chi connectivity index (χ2n) is 4.30. The normalized spacial score (nSPS) is 14.4. The Bertz CT molecular complexity index is 814. The van der Waals surface area contributed by atoms with E-state index in [1.54, 1.807) is 17.0 Å². The van der Waals surface area contributed by atoms with Gasteiger partial charge in [-0.05, 0) is 25.1 Å². The number of rotatable bonds is 2. The topological polar surface area (TPSA) is 54.5 Å². The number of carbonyl (C=O) groups is 1. The van der Waals surface area contributed by atoms with Crippen molar-refractivity contribution in [1.82, 2.24) is 0 Å². The third-order valence-electron chi connectivity index (χ3n) is 3.32. The monoisotopic (exact) mass is 279 g/mol. The zero-order chi connectivity index (χ0) is 13.8. The highest BCUT2D eigenvalue weighted by atomic mass is 32.3. The van der Waals surface area contributed by atoms with Crippen LogP contribution in [0.25, 0.3) is 10.8 Å². The molecule has 1 aliphatic rings. The van der Waals surface area contributed by atoms with Crippen molar-refractivity contribution in [1.29, 1.82) is 0 Å². The molecule has 4 nitrogen and oxygen atoms in total. The Kier molecular flexibility index (Phi) is 2.40. The van der Waals surface area contributed by atoms with Crippen molar-refractivity contribution in [2.45, 2.75) is 11.8 Å². The smallest absolute Gasteiger partial charge is 0.308 e. The Balaban J connectivity index is 2.48. The average Bonchev–Trinajstić information content (AvgIpc) is 2.63. The molecule has 0 unspecified atom stereocenters. The van der Waals surface area contributed by atoms with Crippen LogP contribution in [-0.4, -0.2) is 20.9 Å². The molecule has 19 heavy (non-hydrogen) atoms. The lowest BCUT2D eigenvalue weighted by Crippen LogP contribution is -2.25. The number of hydrogen-bond donors (Lipinski definition) is 0. The van der Waals surface area contributed by atoms with Gasteiger partial charge >= 0.3 is 10.2 Å². The number of carbonyl (C=O) groups excluding carboxylic acids is 1. The molecule has 0 aromatic heterocycles. The van der Waals surface area contributed by atoms with Gasteiger partial charge in [-0.1, -0.05) is 12.1 Å². The van der Waals surface area contributed by atoms with E-state index in [0.29, 0.717) is 23.2 Å². The highest BCUT2D eigenvalue weighted by molar-refractivity contribution is 7.86. The molecule has 1 amide bonds. The number of halogens is 1. The van der Waals surface area contributed by atoms with Crippen molar-refractivity contribution < 1.29 is 17.1 Å². The highest BCUT2D eigenvalue weighted by Crippen LogP contribution is 2.40. The molecule has 0 bridgehead atoms. The second kappa shape index (κ2) is 3.77. The molecule has 0 atom stereocenters. The zero-order valence-electron chi connectivity index (χ0n) is 10.1. The van der Waals surface area contributed by atoms with E-state index in [0.717, 1.165) is 0 Å². The summed E-state index contributed by atoms with van der Waals surface area (Å²) in [6, 6.07) is 7.39. The van der Waals surface area contributed by atoms with Gasteiger partial charge in [0.2, 0.25) is 0 Å². The van der Waals surface area contributed by atoms with Gasteiger partial charge in [0.05, 0.1) is 5.69 Å². The van der Waals surface area contributed by atoms with Crippen LogP contribution in [0.2, 0.25) is 0 Å². The molecular formula is C13H10FNO3S. The summed E-state index contributed by atoms with van der Waals surface area (Å²) in [6.07, 6.45) is 0. The lowest BCUT2D eigenvalue weighted by Gasteiger charge is -2.14. The van der Waals surface area contributed by atoms with Crippen LogP contribution in [0.1, 0.15) is 17.3 Å². The number of hydrogen-bond acceptors (Lipinski definition) is 3. The van der Waals surface area contributed by atoms with Crippen LogP contribution >= 0.6 is 0 Å². The minimum atomic E-state index is -4.81. The SMILES string of the molecule is CCN1C(=O)c2cccc3c(S(=O)(=O)F)ccc1c23. The van der Waals surface area contributed by atoms with Crippen molar-refractivity contribution in [3.63, 3.8) is 0 Å². The molecule has 0 radical (unpaired) electrons. The van der Waals surface area contributed by atoms with Gasteiger partial charge in [0.25, 0.3) is 5.91 Å². The first-order valence-electron chi connectivity index (χ1n) is 5.77. The highest BCUT2D eigenvalue weighted by Gasteiger charge is 2.31. The molecule has 1 heterocycles. The minimum absolute atomic E-state index is 0.184. The van der Waals surface area contributed by atoms with Crippen molar-refractivity contribution >= 4 is 32.6 Å². The van der Waals surface area contributed by atoms with Gasteiger partial charge in [0.1, 0.15) is 4.90 Å². The molecule has 0 spiro atoms. The average molecular weight is 279 g/mol. The van der Waals surface area contributed by atoms with E-state index in [4.69, 9.17) is 0 Å². The fourth-order valence-electron chi connectivity index (χ4n) is 2.55. The largest absolute Gasteiger partial charge is 0.332 e. The van der Waals surface area contributed by atoms with Crippen LogP contribution in [0, 0.1) is 0 Å². The first kappa shape index (κ1) is 12.1. The van der Waals surface area contributed by atoms with E-state index in [2.05, 4.69) is 0 Å². The van der Waals surface area contributed by atoms with Crippen LogP contribution in [0.5, 0.6) is 0 Å². The summed E-state index contributed by atoms with van der Waals surface area (Å²) in [5.74, 6) is -0.184. The lowest BCUT2D eigenvalue weighted by atomic mass is 10.1. The Morgan fingerprint density at radius 1 is 1.21 bits per heavy atom. The second-order valence-corrected chi connectivity index (χ2v) is 5.61. The predicted molar refractivity (Wildman–Crippen MR) is 69.6 cm³/mol. The summed E-state index contributed by atoms with van der Waals surface area (Å²) in [6.45, 7) is 2.31. The maximum atomic E-state index is 13.3. The van der Waals surface area contributed by atoms with Crippen LogP contribution in [-0.2, 0) is 10.2 Å². The van der Waals surface area contributed by atoms with Crippen molar-refractivity contribution in [2.75, 3.05) is 11.4 Å². The summed E-state index contributed by atoms with van der Waals surface area (Å²) >= 11 is 0. The lowest BCUT2D eigenvalue weighted by molar-refractivity contribution is 0.0994. The molecule has 6 heteroatoms. The van der Waals surface area contributed by atoms with E-state index < -0.39 is 10.2 Å². The van der Waals surface area contributed by atoms with Crippen LogP contribution in [0.3, 0.4) is 0 Å². The van der Waals surface area contributed by atoms with Crippen molar-refractivity contribution in [2.24, 2.45) is 0 Å². The van der Waals surface area contributed by atoms with E-state index in [1.807, 2.05) is 6.92 Å². The molecular weight excluding hydrogens is 269 g/mol. The van der Waals surface area contributed by atoms with Crippen LogP contribution in [0.4, 0.5) is 9.57 Å². The Labute approximate surface area is 109 Å². The van der Waals surface area contributed by atoms with E-state index in [1.165, 1.54) is 18.2 Å². The van der Waals surface area contributed by atoms with Gasteiger partial charge in [-0.2, -0.15) is 8.42 Å². The predicted octanol–water partition coefficient (Wildman–Crippen LogP) is 2.48. The number of amides is 1. The standard InChI is InChI=1S/C13H10FNO3S/c1-2-15-10-6-7-11(19(14,17)18)8-4-3-5-9(12(8)10)13(15)16/h3-7H,2H2,1H3. The third kappa shape index (κ3) is 1.56. The Hall–Kier alpha value is -1.95. The molecule has 3 rings (SSSR count). The first-order valence-corrected chi connectivity index (χ1v) is 7.15. The van der Waals surface area contributed by atoms with Gasteiger partial charge in [0.15, 0.2) is 0 Å². The minimum Gasteiger partial charge on any atom is -0.308 e. The fraction of sp³-hybridized carbons (Fsp3) is 0.154. The molecule has 98 valence electrons. The van der Waals surface area contributed by atoms with Gasteiger partial charge < -0.3 is 4.90 Å². The van der Waals surface area contributed by atoms with Gasteiger partial charge in [-0.3, -0.25) is 4.79 Å². The maximum Gasteiger partial charge on any atom is 0.332 e. The van der Waals surface area contributed by atoms with Crippen LogP contribution < -0.4 is 4.90 Å². The molecule has 0 saturated carbocycles. The van der Waals surface area contributed by atoms with Crippen molar-refractivity contribution in [3.8, 4) is 0 Å². The Morgan fingerprint density at radius 3 is 2.58 bits per heavy atom. The Morgan fingerprint density at radius 2 is 1.95 bits per heavy atom.